The third kappa shape index (κ3) is 5.29. The molecule has 0 spiro atoms. The third-order valence-corrected chi connectivity index (χ3v) is 3.37. The van der Waals surface area contributed by atoms with Crippen molar-refractivity contribution in [2.75, 3.05) is 6.54 Å². The minimum Gasteiger partial charge on any atom is -0.387 e. The number of benzene rings is 1. The number of hydrogen-bond donors (Lipinski definition) is 2. The van der Waals surface area contributed by atoms with Gasteiger partial charge in [0.2, 0.25) is 5.91 Å². The van der Waals surface area contributed by atoms with Crippen LogP contribution in [0.3, 0.4) is 0 Å². The topological polar surface area (TPSA) is 49.3 Å². The molecule has 1 unspecified atom stereocenters. The Morgan fingerprint density at radius 3 is 2.25 bits per heavy atom. The first kappa shape index (κ1) is 16.6. The molecule has 0 heterocycles. The van der Waals surface area contributed by atoms with Crippen LogP contribution in [0, 0.1) is 11.7 Å². The van der Waals surface area contributed by atoms with Crippen molar-refractivity contribution in [3.8, 4) is 0 Å². The molecule has 0 fully saturated rings. The van der Waals surface area contributed by atoms with Crippen molar-refractivity contribution >= 4 is 5.91 Å². The molecular formula is C16H24FNO2. The zero-order chi connectivity index (χ0) is 15.0. The van der Waals surface area contributed by atoms with E-state index < -0.39 is 6.10 Å². The van der Waals surface area contributed by atoms with Crippen LogP contribution < -0.4 is 5.32 Å². The van der Waals surface area contributed by atoms with Crippen molar-refractivity contribution in [1.29, 1.82) is 0 Å². The summed E-state index contributed by atoms with van der Waals surface area (Å²) in [5, 5.41) is 12.7. The summed E-state index contributed by atoms with van der Waals surface area (Å²) < 4.78 is 12.8. The van der Waals surface area contributed by atoms with Gasteiger partial charge in [-0.3, -0.25) is 4.79 Å². The highest BCUT2D eigenvalue weighted by molar-refractivity contribution is 5.78. The predicted octanol–water partition coefficient (Wildman–Crippen LogP) is 3.19. The van der Waals surface area contributed by atoms with Crippen molar-refractivity contribution in [1.82, 2.24) is 5.32 Å². The molecule has 0 aliphatic carbocycles. The molecule has 0 saturated heterocycles. The van der Waals surface area contributed by atoms with Gasteiger partial charge in [-0.2, -0.15) is 0 Å². The fourth-order valence-electron chi connectivity index (χ4n) is 2.25. The molecule has 0 bridgehead atoms. The fraction of sp³-hybridized carbons (Fsp3) is 0.562. The van der Waals surface area contributed by atoms with Gasteiger partial charge in [0.1, 0.15) is 5.82 Å². The van der Waals surface area contributed by atoms with Crippen LogP contribution in [0.1, 0.15) is 51.2 Å². The van der Waals surface area contributed by atoms with E-state index in [0.717, 1.165) is 25.7 Å². The van der Waals surface area contributed by atoms with Gasteiger partial charge >= 0.3 is 0 Å². The Kier molecular flexibility index (Phi) is 7.23. The van der Waals surface area contributed by atoms with Gasteiger partial charge in [-0.05, 0) is 30.5 Å². The smallest absolute Gasteiger partial charge is 0.223 e. The lowest BCUT2D eigenvalue weighted by molar-refractivity contribution is -0.125. The van der Waals surface area contributed by atoms with Gasteiger partial charge in [-0.15, -0.1) is 0 Å². The van der Waals surface area contributed by atoms with E-state index in [1.54, 1.807) is 0 Å². The van der Waals surface area contributed by atoms with E-state index in [9.17, 15) is 14.3 Å². The first-order valence-corrected chi connectivity index (χ1v) is 7.29. The molecule has 112 valence electrons. The summed E-state index contributed by atoms with van der Waals surface area (Å²) in [5.74, 6) is -0.323. The molecule has 1 aromatic carbocycles. The van der Waals surface area contributed by atoms with Crippen molar-refractivity contribution in [2.45, 2.75) is 45.6 Å². The Hall–Kier alpha value is -1.42. The molecule has 0 aliphatic heterocycles. The number of halogens is 1. The van der Waals surface area contributed by atoms with Gasteiger partial charge in [0.15, 0.2) is 0 Å². The molecule has 3 nitrogen and oxygen atoms in total. The Bertz CT molecular complexity index is 399. The van der Waals surface area contributed by atoms with Crippen LogP contribution in [-0.2, 0) is 4.79 Å². The fourth-order valence-corrected chi connectivity index (χ4v) is 2.25. The highest BCUT2D eigenvalue weighted by Crippen LogP contribution is 2.15. The number of carbonyl (C=O) groups excluding carboxylic acids is 1. The number of nitrogens with one attached hydrogen (secondary N) is 1. The summed E-state index contributed by atoms with van der Waals surface area (Å²) in [6.07, 6.45) is 2.87. The monoisotopic (exact) mass is 281 g/mol. The second-order valence-corrected chi connectivity index (χ2v) is 5.09. The molecule has 0 radical (unpaired) electrons. The molecule has 1 amide bonds. The van der Waals surface area contributed by atoms with E-state index in [1.807, 2.05) is 0 Å². The first-order valence-electron chi connectivity index (χ1n) is 7.29. The van der Waals surface area contributed by atoms with Gasteiger partial charge in [0, 0.05) is 12.5 Å². The second-order valence-electron chi connectivity index (χ2n) is 5.09. The molecule has 0 aromatic heterocycles. The molecule has 4 heteroatoms. The number of amides is 1. The molecule has 1 rings (SSSR count). The lowest BCUT2D eigenvalue weighted by atomic mass is 9.97. The summed E-state index contributed by atoms with van der Waals surface area (Å²) >= 11 is 0. The first-order chi connectivity index (χ1) is 9.58. The minimum absolute atomic E-state index is 0.00476. The van der Waals surface area contributed by atoms with Crippen LogP contribution in [0.15, 0.2) is 24.3 Å². The van der Waals surface area contributed by atoms with E-state index in [-0.39, 0.29) is 24.2 Å². The zero-order valence-corrected chi connectivity index (χ0v) is 12.2. The molecule has 20 heavy (non-hydrogen) atoms. The number of carbonyl (C=O) groups is 1. The number of rotatable bonds is 8. The van der Waals surface area contributed by atoms with Gasteiger partial charge in [0.25, 0.3) is 0 Å². The quantitative estimate of drug-likeness (QED) is 0.769. The summed E-state index contributed by atoms with van der Waals surface area (Å²) in [5.41, 5.74) is 0.606. The van der Waals surface area contributed by atoms with Crippen molar-refractivity contribution < 1.29 is 14.3 Å². The molecular weight excluding hydrogens is 257 g/mol. The molecule has 0 saturated carbocycles. The number of aliphatic hydroxyl groups is 1. The van der Waals surface area contributed by atoms with Crippen LogP contribution in [0.2, 0.25) is 0 Å². The van der Waals surface area contributed by atoms with Crippen molar-refractivity contribution in [2.24, 2.45) is 5.92 Å². The van der Waals surface area contributed by atoms with Crippen LogP contribution in [0.4, 0.5) is 4.39 Å². The van der Waals surface area contributed by atoms with Crippen molar-refractivity contribution in [3.05, 3.63) is 35.6 Å². The lowest BCUT2D eigenvalue weighted by Crippen LogP contribution is -2.33. The van der Waals surface area contributed by atoms with E-state index in [4.69, 9.17) is 0 Å². The summed E-state index contributed by atoms with van der Waals surface area (Å²) in [4.78, 5) is 12.0. The number of hydrogen-bond acceptors (Lipinski definition) is 2. The molecule has 2 N–H and O–H groups in total. The standard InChI is InChI=1S/C16H24FNO2/c1-3-5-13(6-4-2)16(20)18-11-15(19)12-7-9-14(17)10-8-12/h7-10,13,15,19H,3-6,11H2,1-2H3,(H,18,20). The summed E-state index contributed by atoms with van der Waals surface area (Å²) in [7, 11) is 0. The average molecular weight is 281 g/mol. The van der Waals surface area contributed by atoms with Gasteiger partial charge in [-0.1, -0.05) is 38.8 Å². The van der Waals surface area contributed by atoms with Crippen LogP contribution >= 0.6 is 0 Å². The predicted molar refractivity (Wildman–Crippen MR) is 77.7 cm³/mol. The minimum atomic E-state index is -0.802. The normalized spacial score (nSPS) is 12.4. The lowest BCUT2D eigenvalue weighted by Gasteiger charge is -2.17. The Morgan fingerprint density at radius 1 is 1.20 bits per heavy atom. The average Bonchev–Trinajstić information content (AvgIpc) is 2.45. The van der Waals surface area contributed by atoms with Crippen LogP contribution in [-0.4, -0.2) is 17.6 Å². The van der Waals surface area contributed by atoms with E-state index >= 15 is 0 Å². The van der Waals surface area contributed by atoms with E-state index in [2.05, 4.69) is 19.2 Å². The molecule has 0 aliphatic rings. The highest BCUT2D eigenvalue weighted by atomic mass is 19.1. The Labute approximate surface area is 120 Å². The van der Waals surface area contributed by atoms with E-state index in [1.165, 1.54) is 24.3 Å². The van der Waals surface area contributed by atoms with E-state index in [0.29, 0.717) is 5.56 Å². The largest absolute Gasteiger partial charge is 0.387 e. The second kappa shape index (κ2) is 8.69. The zero-order valence-electron chi connectivity index (χ0n) is 12.2. The van der Waals surface area contributed by atoms with Crippen LogP contribution in [0.25, 0.3) is 0 Å². The summed E-state index contributed by atoms with van der Waals surface area (Å²) in [6.45, 7) is 4.28. The van der Waals surface area contributed by atoms with Gasteiger partial charge in [-0.25, -0.2) is 4.39 Å². The highest BCUT2D eigenvalue weighted by Gasteiger charge is 2.17. The number of aliphatic hydroxyl groups excluding tert-OH is 1. The maximum Gasteiger partial charge on any atom is 0.223 e. The SMILES string of the molecule is CCCC(CCC)C(=O)NCC(O)c1ccc(F)cc1. The van der Waals surface area contributed by atoms with Gasteiger partial charge < -0.3 is 10.4 Å². The van der Waals surface area contributed by atoms with Gasteiger partial charge in [0.05, 0.1) is 6.10 Å². The molecule has 1 aromatic rings. The summed E-state index contributed by atoms with van der Waals surface area (Å²) in [6, 6.07) is 5.66. The Morgan fingerprint density at radius 2 is 1.75 bits per heavy atom. The maximum atomic E-state index is 12.8. The van der Waals surface area contributed by atoms with Crippen molar-refractivity contribution in [3.63, 3.8) is 0 Å². The van der Waals surface area contributed by atoms with Crippen LogP contribution in [0.5, 0.6) is 0 Å². The maximum absolute atomic E-state index is 12.8. The molecule has 1 atom stereocenters. The Balaban J connectivity index is 2.48. The third-order valence-electron chi connectivity index (χ3n) is 3.37.